The van der Waals surface area contributed by atoms with Crippen molar-refractivity contribution in [3.05, 3.63) is 0 Å². The summed E-state index contributed by atoms with van der Waals surface area (Å²) in [5.74, 6) is 1.74. The molecule has 0 radical (unpaired) electrons. The maximum absolute atomic E-state index is 11.4. The summed E-state index contributed by atoms with van der Waals surface area (Å²) in [6.07, 6.45) is 1.87. The number of rotatable bonds is 6. The van der Waals surface area contributed by atoms with Gasteiger partial charge in [-0.25, -0.2) is 0 Å². The Morgan fingerprint density at radius 2 is 2.21 bits per heavy atom. The SMILES string of the molecule is CCNC(C)CC(=O)NCC1CC1C. The summed E-state index contributed by atoms with van der Waals surface area (Å²) < 4.78 is 0. The number of hydrogen-bond donors (Lipinski definition) is 2. The Kier molecular flexibility index (Phi) is 4.39. The Morgan fingerprint density at radius 3 is 2.71 bits per heavy atom. The van der Waals surface area contributed by atoms with Crippen LogP contribution < -0.4 is 10.6 Å². The van der Waals surface area contributed by atoms with E-state index < -0.39 is 0 Å². The summed E-state index contributed by atoms with van der Waals surface area (Å²) >= 11 is 0. The van der Waals surface area contributed by atoms with E-state index in [2.05, 4.69) is 24.5 Å². The van der Waals surface area contributed by atoms with E-state index in [-0.39, 0.29) is 11.9 Å². The van der Waals surface area contributed by atoms with Crippen molar-refractivity contribution in [1.29, 1.82) is 0 Å². The molecule has 1 saturated carbocycles. The zero-order valence-corrected chi connectivity index (χ0v) is 9.47. The molecule has 0 spiro atoms. The number of carbonyl (C=O) groups is 1. The number of nitrogens with one attached hydrogen (secondary N) is 2. The molecule has 14 heavy (non-hydrogen) atoms. The summed E-state index contributed by atoms with van der Waals surface area (Å²) in [6, 6.07) is 0.289. The summed E-state index contributed by atoms with van der Waals surface area (Å²) in [7, 11) is 0. The predicted molar refractivity (Wildman–Crippen MR) is 58.0 cm³/mol. The molecule has 3 atom stereocenters. The molecule has 0 saturated heterocycles. The summed E-state index contributed by atoms with van der Waals surface area (Å²) in [5, 5.41) is 6.21. The molecule has 0 heterocycles. The van der Waals surface area contributed by atoms with Crippen molar-refractivity contribution >= 4 is 5.91 Å². The van der Waals surface area contributed by atoms with Crippen LogP contribution in [-0.4, -0.2) is 25.0 Å². The van der Waals surface area contributed by atoms with Crippen molar-refractivity contribution < 1.29 is 4.79 Å². The quantitative estimate of drug-likeness (QED) is 0.672. The molecule has 3 unspecified atom stereocenters. The van der Waals surface area contributed by atoms with E-state index in [1.54, 1.807) is 0 Å². The van der Waals surface area contributed by atoms with Crippen LogP contribution in [0, 0.1) is 11.8 Å². The van der Waals surface area contributed by atoms with Gasteiger partial charge >= 0.3 is 0 Å². The van der Waals surface area contributed by atoms with E-state index in [1.807, 2.05) is 6.92 Å². The molecule has 0 bridgehead atoms. The van der Waals surface area contributed by atoms with E-state index in [0.29, 0.717) is 6.42 Å². The first-order chi connectivity index (χ1) is 6.63. The molecule has 82 valence electrons. The van der Waals surface area contributed by atoms with Gasteiger partial charge in [-0.15, -0.1) is 0 Å². The third-order valence-corrected chi connectivity index (χ3v) is 2.88. The molecule has 2 N–H and O–H groups in total. The number of hydrogen-bond acceptors (Lipinski definition) is 2. The molecule has 3 nitrogen and oxygen atoms in total. The Labute approximate surface area is 86.6 Å². The standard InChI is InChI=1S/C11H22N2O/c1-4-12-9(3)6-11(14)13-7-10-5-8(10)2/h8-10,12H,4-7H2,1-3H3,(H,13,14). The molecule has 1 aliphatic carbocycles. The highest BCUT2D eigenvalue weighted by atomic mass is 16.1. The predicted octanol–water partition coefficient (Wildman–Crippen LogP) is 1.15. The smallest absolute Gasteiger partial charge is 0.221 e. The largest absolute Gasteiger partial charge is 0.356 e. The van der Waals surface area contributed by atoms with E-state index in [0.717, 1.165) is 24.9 Å². The van der Waals surface area contributed by atoms with Crippen molar-refractivity contribution in [1.82, 2.24) is 10.6 Å². The molecule has 0 aromatic heterocycles. The molecule has 1 aliphatic rings. The fourth-order valence-electron chi connectivity index (χ4n) is 1.70. The minimum atomic E-state index is 0.178. The van der Waals surface area contributed by atoms with E-state index in [1.165, 1.54) is 6.42 Å². The lowest BCUT2D eigenvalue weighted by molar-refractivity contribution is -0.121. The molecular formula is C11H22N2O. The lowest BCUT2D eigenvalue weighted by Crippen LogP contribution is -2.34. The van der Waals surface area contributed by atoms with E-state index in [4.69, 9.17) is 0 Å². The van der Waals surface area contributed by atoms with Crippen LogP contribution in [0.5, 0.6) is 0 Å². The van der Waals surface area contributed by atoms with Crippen LogP contribution in [0.15, 0.2) is 0 Å². The monoisotopic (exact) mass is 198 g/mol. The fraction of sp³-hybridized carbons (Fsp3) is 0.909. The molecular weight excluding hydrogens is 176 g/mol. The lowest BCUT2D eigenvalue weighted by Gasteiger charge is -2.11. The Balaban J connectivity index is 2.03. The average Bonchev–Trinajstić information content (AvgIpc) is 2.79. The number of amides is 1. The molecule has 3 heteroatoms. The van der Waals surface area contributed by atoms with Gasteiger partial charge in [0, 0.05) is 19.0 Å². The van der Waals surface area contributed by atoms with Gasteiger partial charge in [0.05, 0.1) is 0 Å². The van der Waals surface area contributed by atoms with Gasteiger partial charge in [-0.1, -0.05) is 13.8 Å². The van der Waals surface area contributed by atoms with Crippen LogP contribution in [-0.2, 0) is 4.79 Å². The van der Waals surface area contributed by atoms with Crippen molar-refractivity contribution in [2.75, 3.05) is 13.1 Å². The molecule has 1 amide bonds. The molecule has 1 fully saturated rings. The van der Waals surface area contributed by atoms with Gasteiger partial charge in [-0.2, -0.15) is 0 Å². The topological polar surface area (TPSA) is 41.1 Å². The summed E-state index contributed by atoms with van der Waals surface area (Å²) in [5.41, 5.74) is 0. The molecule has 0 aromatic carbocycles. The van der Waals surface area contributed by atoms with Gasteiger partial charge in [0.2, 0.25) is 5.91 Å². The minimum absolute atomic E-state index is 0.178. The fourth-order valence-corrected chi connectivity index (χ4v) is 1.70. The minimum Gasteiger partial charge on any atom is -0.356 e. The van der Waals surface area contributed by atoms with Crippen LogP contribution >= 0.6 is 0 Å². The van der Waals surface area contributed by atoms with Crippen molar-refractivity contribution in [2.45, 2.75) is 39.7 Å². The van der Waals surface area contributed by atoms with Gasteiger partial charge < -0.3 is 10.6 Å². The molecule has 1 rings (SSSR count). The zero-order chi connectivity index (χ0) is 10.6. The average molecular weight is 198 g/mol. The summed E-state index contributed by atoms with van der Waals surface area (Å²) in [4.78, 5) is 11.4. The third-order valence-electron chi connectivity index (χ3n) is 2.88. The van der Waals surface area contributed by atoms with Gasteiger partial charge in [-0.3, -0.25) is 4.79 Å². The first-order valence-corrected chi connectivity index (χ1v) is 5.63. The normalized spacial score (nSPS) is 27.1. The Bertz CT molecular complexity index is 194. The molecule has 0 aromatic rings. The number of carbonyl (C=O) groups excluding carboxylic acids is 1. The summed E-state index contributed by atoms with van der Waals surface area (Å²) in [6.45, 7) is 8.13. The van der Waals surface area contributed by atoms with Crippen molar-refractivity contribution in [3.8, 4) is 0 Å². The van der Waals surface area contributed by atoms with Crippen LogP contribution in [0.1, 0.15) is 33.6 Å². The van der Waals surface area contributed by atoms with E-state index >= 15 is 0 Å². The maximum Gasteiger partial charge on any atom is 0.221 e. The third kappa shape index (κ3) is 4.09. The van der Waals surface area contributed by atoms with Gasteiger partial charge in [0.25, 0.3) is 0 Å². The van der Waals surface area contributed by atoms with Crippen molar-refractivity contribution in [2.24, 2.45) is 11.8 Å². The zero-order valence-electron chi connectivity index (χ0n) is 9.47. The Hall–Kier alpha value is -0.570. The maximum atomic E-state index is 11.4. The van der Waals surface area contributed by atoms with Gasteiger partial charge in [0.1, 0.15) is 0 Å². The van der Waals surface area contributed by atoms with E-state index in [9.17, 15) is 4.79 Å². The van der Waals surface area contributed by atoms with Crippen LogP contribution in [0.4, 0.5) is 0 Å². The Morgan fingerprint density at radius 1 is 1.57 bits per heavy atom. The molecule has 0 aliphatic heterocycles. The second-order valence-electron chi connectivity index (χ2n) is 4.44. The van der Waals surface area contributed by atoms with Crippen LogP contribution in [0.2, 0.25) is 0 Å². The van der Waals surface area contributed by atoms with Crippen LogP contribution in [0.25, 0.3) is 0 Å². The van der Waals surface area contributed by atoms with Gasteiger partial charge in [0.15, 0.2) is 0 Å². The van der Waals surface area contributed by atoms with Crippen molar-refractivity contribution in [3.63, 3.8) is 0 Å². The first-order valence-electron chi connectivity index (χ1n) is 5.63. The first kappa shape index (κ1) is 11.5. The second kappa shape index (κ2) is 5.35. The highest BCUT2D eigenvalue weighted by Crippen LogP contribution is 2.36. The second-order valence-corrected chi connectivity index (χ2v) is 4.44. The highest BCUT2D eigenvalue weighted by molar-refractivity contribution is 5.76. The van der Waals surface area contributed by atoms with Gasteiger partial charge in [-0.05, 0) is 31.7 Å². The van der Waals surface area contributed by atoms with Crippen LogP contribution in [0.3, 0.4) is 0 Å². The highest BCUT2D eigenvalue weighted by Gasteiger charge is 2.32. The lowest BCUT2D eigenvalue weighted by atomic mass is 10.2.